The van der Waals surface area contributed by atoms with E-state index in [1.54, 1.807) is 0 Å². The highest BCUT2D eigenvalue weighted by molar-refractivity contribution is 5.97. The number of ether oxygens (including phenoxy) is 2. The molecule has 3 aliphatic heterocycles. The molecule has 0 unspecified atom stereocenters. The maximum absolute atomic E-state index is 14.3. The lowest BCUT2D eigenvalue weighted by Gasteiger charge is -2.59. The fourth-order valence-electron chi connectivity index (χ4n) is 7.25. The number of anilines is 1. The number of hydrogen-bond acceptors (Lipinski definition) is 9. The minimum absolute atomic E-state index is 0. The summed E-state index contributed by atoms with van der Waals surface area (Å²) in [6.45, 7) is 8.01. The van der Waals surface area contributed by atoms with Gasteiger partial charge in [-0.2, -0.15) is 13.2 Å². The van der Waals surface area contributed by atoms with Gasteiger partial charge in [0, 0.05) is 81.1 Å². The third kappa shape index (κ3) is 7.56. The van der Waals surface area contributed by atoms with Crippen molar-refractivity contribution in [2.45, 2.75) is 58.0 Å². The van der Waals surface area contributed by atoms with Crippen molar-refractivity contribution in [1.29, 1.82) is 0 Å². The first-order chi connectivity index (χ1) is 23.0. The summed E-state index contributed by atoms with van der Waals surface area (Å²) < 4.78 is 66.7. The second-order valence-electron chi connectivity index (χ2n) is 13.8. The molecular weight excluding hydrogens is 666 g/mol. The van der Waals surface area contributed by atoms with Crippen LogP contribution < -0.4 is 19.7 Å². The zero-order valence-corrected chi connectivity index (χ0v) is 28.2. The van der Waals surface area contributed by atoms with E-state index in [-0.39, 0.29) is 41.0 Å². The second-order valence-corrected chi connectivity index (χ2v) is 13.8. The second kappa shape index (κ2) is 13.9. The van der Waals surface area contributed by atoms with Gasteiger partial charge in [-0.3, -0.25) is 14.7 Å². The van der Waals surface area contributed by atoms with Crippen molar-refractivity contribution < 1.29 is 31.8 Å². The number of rotatable bonds is 10. The van der Waals surface area contributed by atoms with Gasteiger partial charge in [-0.1, -0.05) is 0 Å². The average Bonchev–Trinajstić information content (AvgIpc) is 2.99. The molecule has 1 saturated carbocycles. The fraction of sp³-hybridized carbons (Fsp3) is 0.529. The van der Waals surface area contributed by atoms with Crippen molar-refractivity contribution in [3.05, 3.63) is 65.6 Å². The van der Waals surface area contributed by atoms with Gasteiger partial charge >= 0.3 is 6.18 Å². The molecule has 3 aromatic rings. The van der Waals surface area contributed by atoms with E-state index in [0.717, 1.165) is 75.6 Å². The Morgan fingerprint density at radius 1 is 1.12 bits per heavy atom. The fourth-order valence-corrected chi connectivity index (χ4v) is 7.25. The Morgan fingerprint density at radius 2 is 1.90 bits per heavy atom. The summed E-state index contributed by atoms with van der Waals surface area (Å²) in [6.07, 6.45) is 2.84. The van der Waals surface area contributed by atoms with Crippen molar-refractivity contribution in [2.24, 2.45) is 11.3 Å². The number of aromatic nitrogens is 3. The Hall–Kier alpha value is -3.75. The van der Waals surface area contributed by atoms with Crippen molar-refractivity contribution in [3.63, 3.8) is 0 Å². The molecule has 1 aromatic carbocycles. The molecule has 5 heterocycles. The van der Waals surface area contributed by atoms with Crippen LogP contribution >= 0.6 is 12.4 Å². The van der Waals surface area contributed by atoms with Gasteiger partial charge in [-0.05, 0) is 56.9 Å². The number of amides is 1. The van der Waals surface area contributed by atoms with Crippen molar-refractivity contribution in [3.8, 4) is 17.2 Å². The molecule has 0 bridgehead atoms. The first-order valence-corrected chi connectivity index (χ1v) is 16.4. The van der Waals surface area contributed by atoms with Gasteiger partial charge in [0.25, 0.3) is 5.91 Å². The molecule has 1 N–H and O–H groups in total. The molecule has 7 rings (SSSR count). The molecule has 15 heteroatoms. The maximum atomic E-state index is 14.3. The number of halogens is 5. The van der Waals surface area contributed by atoms with E-state index in [0.29, 0.717) is 29.7 Å². The molecule has 1 amide bonds. The molecule has 2 aromatic heterocycles. The SMILES string of the molecule is CC(C)N(CC(F)(F)F)C(=O)c1cc(F)ccc1Oc1cncnc1N1CC2(CC(Oc3ccnc4c3CN(CC3CNC3)CC4)C2)C1.Cl. The normalized spacial score (nSPS) is 19.0. The summed E-state index contributed by atoms with van der Waals surface area (Å²) in [6, 6.07) is 4.41. The Morgan fingerprint density at radius 3 is 2.59 bits per heavy atom. The molecule has 4 aliphatic rings. The summed E-state index contributed by atoms with van der Waals surface area (Å²) in [7, 11) is 0. The Kier molecular flexibility index (Phi) is 9.93. The topological polar surface area (TPSA) is 96.0 Å². The van der Waals surface area contributed by atoms with Crippen LogP contribution in [0.4, 0.5) is 23.4 Å². The summed E-state index contributed by atoms with van der Waals surface area (Å²) in [4.78, 5) is 31.6. The van der Waals surface area contributed by atoms with E-state index in [4.69, 9.17) is 9.47 Å². The summed E-state index contributed by atoms with van der Waals surface area (Å²) >= 11 is 0. The number of carbonyl (C=O) groups excluding carboxylic acids is 1. The van der Waals surface area contributed by atoms with Crippen molar-refractivity contribution in [1.82, 2.24) is 30.1 Å². The highest BCUT2D eigenvalue weighted by atomic mass is 35.5. The van der Waals surface area contributed by atoms with Gasteiger partial charge in [0.05, 0.1) is 11.8 Å². The van der Waals surface area contributed by atoms with E-state index in [1.807, 2.05) is 17.2 Å². The van der Waals surface area contributed by atoms with Crippen molar-refractivity contribution >= 4 is 24.1 Å². The van der Waals surface area contributed by atoms with Crippen LogP contribution in [0.5, 0.6) is 17.2 Å². The number of nitrogens with zero attached hydrogens (tertiary/aromatic N) is 6. The van der Waals surface area contributed by atoms with E-state index in [9.17, 15) is 22.4 Å². The number of hydrogen-bond donors (Lipinski definition) is 1. The van der Waals surface area contributed by atoms with Crippen LogP contribution in [0.2, 0.25) is 0 Å². The molecule has 3 fully saturated rings. The van der Waals surface area contributed by atoms with Gasteiger partial charge in [0.15, 0.2) is 11.6 Å². The molecule has 49 heavy (non-hydrogen) atoms. The zero-order valence-electron chi connectivity index (χ0n) is 27.4. The number of fused-ring (bicyclic) bond motifs is 1. The molecule has 0 atom stereocenters. The minimum Gasteiger partial charge on any atom is -0.490 e. The highest BCUT2D eigenvalue weighted by Crippen LogP contribution is 2.52. The first kappa shape index (κ1) is 35.1. The van der Waals surface area contributed by atoms with Crippen LogP contribution in [-0.2, 0) is 13.0 Å². The maximum Gasteiger partial charge on any atom is 0.406 e. The number of alkyl halides is 3. The van der Waals surface area contributed by atoms with Crippen molar-refractivity contribution in [2.75, 3.05) is 50.7 Å². The van der Waals surface area contributed by atoms with Crippen LogP contribution in [-0.4, -0.2) is 94.8 Å². The van der Waals surface area contributed by atoms with Gasteiger partial charge in [0.2, 0.25) is 0 Å². The largest absolute Gasteiger partial charge is 0.490 e. The Bertz CT molecular complexity index is 1660. The van der Waals surface area contributed by atoms with Gasteiger partial charge < -0.3 is 24.6 Å². The van der Waals surface area contributed by atoms with Crippen LogP contribution in [0.3, 0.4) is 0 Å². The smallest absolute Gasteiger partial charge is 0.406 e. The van der Waals surface area contributed by atoms with Crippen LogP contribution in [0.25, 0.3) is 0 Å². The predicted octanol–water partition coefficient (Wildman–Crippen LogP) is 5.26. The standard InChI is InChI=1S/C34H39F4N7O3.ClH/c1-21(2)45(19-34(36,37)38)32(46)25-9-23(35)3-4-28(25)48-30-14-40-20-42-31(30)44-17-33(18-44)10-24(11-33)47-29-5-7-41-27-6-8-43(16-26(27)29)15-22-12-39-13-22;/h3-5,7,9,14,20-22,24,39H,6,8,10-13,15-19H2,1-2H3;1H. The van der Waals surface area contributed by atoms with Gasteiger partial charge in [0.1, 0.15) is 36.3 Å². The third-order valence-electron chi connectivity index (χ3n) is 9.78. The highest BCUT2D eigenvalue weighted by Gasteiger charge is 2.54. The lowest BCUT2D eigenvalue weighted by Crippen LogP contribution is -2.65. The van der Waals surface area contributed by atoms with Gasteiger partial charge in [-0.25, -0.2) is 14.4 Å². The lowest BCUT2D eigenvalue weighted by atomic mass is 9.61. The number of pyridine rings is 1. The van der Waals surface area contributed by atoms with E-state index >= 15 is 0 Å². The summed E-state index contributed by atoms with van der Waals surface area (Å²) in [5, 5.41) is 3.35. The molecule has 264 valence electrons. The number of carbonyl (C=O) groups is 1. The zero-order chi connectivity index (χ0) is 33.6. The van der Waals surface area contributed by atoms with Crippen LogP contribution in [0.1, 0.15) is 48.3 Å². The average molecular weight is 706 g/mol. The Balaban J connectivity index is 0.00000417. The summed E-state index contributed by atoms with van der Waals surface area (Å²) in [5.74, 6) is 0.503. The van der Waals surface area contributed by atoms with Crippen LogP contribution in [0.15, 0.2) is 43.0 Å². The monoisotopic (exact) mass is 705 g/mol. The quantitative estimate of drug-likeness (QED) is 0.284. The first-order valence-electron chi connectivity index (χ1n) is 16.4. The number of nitrogens with one attached hydrogen (secondary N) is 1. The molecule has 0 radical (unpaired) electrons. The Labute approximate surface area is 288 Å². The minimum atomic E-state index is -4.63. The molecule has 2 saturated heterocycles. The summed E-state index contributed by atoms with van der Waals surface area (Å²) in [5.41, 5.74) is 2.07. The third-order valence-corrected chi connectivity index (χ3v) is 9.78. The molecular formula is C34H40ClF4N7O3. The molecule has 1 spiro atoms. The van der Waals surface area contributed by atoms with Crippen LogP contribution in [0, 0.1) is 17.2 Å². The lowest BCUT2D eigenvalue weighted by molar-refractivity contribution is -0.143. The molecule has 10 nitrogen and oxygen atoms in total. The number of benzene rings is 1. The van der Waals surface area contributed by atoms with Gasteiger partial charge in [-0.15, -0.1) is 12.4 Å². The predicted molar refractivity (Wildman–Crippen MR) is 176 cm³/mol. The van der Waals surface area contributed by atoms with E-state index in [1.165, 1.54) is 38.0 Å². The molecule has 1 aliphatic carbocycles. The van der Waals surface area contributed by atoms with E-state index in [2.05, 4.69) is 25.2 Å². The van der Waals surface area contributed by atoms with E-state index < -0.39 is 30.5 Å².